The van der Waals surface area contributed by atoms with E-state index in [0.717, 1.165) is 24.0 Å². The molecule has 0 radical (unpaired) electrons. The summed E-state index contributed by atoms with van der Waals surface area (Å²) in [5.41, 5.74) is 4.63. The molecule has 3 heterocycles. The van der Waals surface area contributed by atoms with E-state index in [4.69, 9.17) is 0 Å². The Morgan fingerprint density at radius 2 is 1.81 bits per heavy atom. The second-order valence-corrected chi connectivity index (χ2v) is 12.1. The van der Waals surface area contributed by atoms with Crippen LogP contribution in [0.15, 0.2) is 73.3 Å². The minimum absolute atomic E-state index is 0.0511. The van der Waals surface area contributed by atoms with Crippen LogP contribution in [-0.4, -0.2) is 31.5 Å². The first-order valence-corrected chi connectivity index (χ1v) is 14.1. The van der Waals surface area contributed by atoms with Crippen LogP contribution in [0.2, 0.25) is 0 Å². The average molecular weight is 572 g/mol. The smallest absolute Gasteiger partial charge is 0.123 e. The van der Waals surface area contributed by atoms with Crippen molar-refractivity contribution < 1.29 is 4.39 Å². The molecule has 1 aliphatic carbocycles. The molecule has 10 heteroatoms. The lowest BCUT2D eigenvalue weighted by Crippen LogP contribution is -2.20. The largest absolute Gasteiger partial charge is 0.383 e. The van der Waals surface area contributed by atoms with E-state index in [2.05, 4.69) is 63.8 Å². The highest BCUT2D eigenvalue weighted by molar-refractivity contribution is 5.99. The fraction of sp³-hybridized carbons (Fsp3) is 0.273. The third-order valence-electron chi connectivity index (χ3n) is 7.69. The van der Waals surface area contributed by atoms with Gasteiger partial charge in [-0.3, -0.25) is 9.97 Å². The monoisotopic (exact) mass is 571 g/mol. The van der Waals surface area contributed by atoms with Crippen LogP contribution in [0, 0.1) is 33.9 Å². The molecular weight excluding hydrogens is 541 g/mol. The zero-order chi connectivity index (χ0) is 30.2. The number of rotatable bonds is 8. The molecule has 1 fully saturated rings. The van der Waals surface area contributed by atoms with Crippen molar-refractivity contribution in [3.8, 4) is 12.1 Å². The summed E-state index contributed by atoms with van der Waals surface area (Å²) < 4.78 is 15.8. The third kappa shape index (κ3) is 5.47. The van der Waals surface area contributed by atoms with Gasteiger partial charge < -0.3 is 10.6 Å². The van der Waals surface area contributed by atoms with E-state index in [0.29, 0.717) is 45.6 Å². The van der Waals surface area contributed by atoms with Gasteiger partial charge in [0.05, 0.1) is 40.1 Å². The Hall–Kier alpha value is -5.35. The lowest BCUT2D eigenvalue weighted by molar-refractivity contribution is 0.443. The highest BCUT2D eigenvalue weighted by atomic mass is 19.1. The lowest BCUT2D eigenvalue weighted by Gasteiger charge is -2.22. The van der Waals surface area contributed by atoms with E-state index < -0.39 is 6.04 Å². The molecule has 6 rings (SSSR count). The second kappa shape index (κ2) is 10.8. The van der Waals surface area contributed by atoms with Gasteiger partial charge in [0, 0.05) is 36.2 Å². The van der Waals surface area contributed by atoms with Crippen molar-refractivity contribution in [2.24, 2.45) is 5.41 Å². The van der Waals surface area contributed by atoms with Crippen LogP contribution in [0.1, 0.15) is 67.6 Å². The number of nitrogens with zero attached hydrogens (tertiary/aromatic N) is 7. The van der Waals surface area contributed by atoms with E-state index in [-0.39, 0.29) is 16.8 Å². The molecule has 1 unspecified atom stereocenters. The Labute approximate surface area is 249 Å². The van der Waals surface area contributed by atoms with E-state index in [1.54, 1.807) is 24.4 Å². The fourth-order valence-corrected chi connectivity index (χ4v) is 5.27. The molecular formula is C33H30FN9. The Morgan fingerprint density at radius 3 is 2.47 bits per heavy atom. The second-order valence-electron chi connectivity index (χ2n) is 12.1. The summed E-state index contributed by atoms with van der Waals surface area (Å²) in [6.45, 7) is 6.91. The normalized spacial score (nSPS) is 14.5. The van der Waals surface area contributed by atoms with Gasteiger partial charge in [0.15, 0.2) is 0 Å². The molecule has 0 bridgehead atoms. The van der Waals surface area contributed by atoms with Gasteiger partial charge in [-0.15, -0.1) is 5.10 Å². The number of nitrogens with one attached hydrogen (secondary N) is 2. The van der Waals surface area contributed by atoms with Crippen LogP contribution >= 0.6 is 0 Å². The summed E-state index contributed by atoms with van der Waals surface area (Å²) in [7, 11) is 0. The fourth-order valence-electron chi connectivity index (χ4n) is 5.27. The van der Waals surface area contributed by atoms with Crippen LogP contribution in [0.5, 0.6) is 0 Å². The number of hydrogen-bond acceptors (Lipinski definition) is 8. The highest BCUT2D eigenvalue weighted by Crippen LogP contribution is 2.48. The predicted molar refractivity (Wildman–Crippen MR) is 162 cm³/mol. The third-order valence-corrected chi connectivity index (χ3v) is 7.69. The molecule has 9 nitrogen and oxygen atoms in total. The van der Waals surface area contributed by atoms with E-state index in [1.165, 1.54) is 18.3 Å². The lowest BCUT2D eigenvalue weighted by atomic mass is 9.96. The Bertz CT molecular complexity index is 1870. The molecule has 43 heavy (non-hydrogen) atoms. The maximum Gasteiger partial charge on any atom is 0.123 e. The maximum absolute atomic E-state index is 13.9. The van der Waals surface area contributed by atoms with Crippen molar-refractivity contribution in [1.82, 2.24) is 25.0 Å². The molecule has 3 aromatic heterocycles. The molecule has 0 saturated heterocycles. The summed E-state index contributed by atoms with van der Waals surface area (Å²) in [6, 6.07) is 17.8. The first kappa shape index (κ1) is 27.8. The summed E-state index contributed by atoms with van der Waals surface area (Å²) >= 11 is 0. The number of fused-ring (bicyclic) bond motifs is 1. The molecule has 1 saturated carbocycles. The molecule has 0 amide bonds. The zero-order valence-electron chi connectivity index (χ0n) is 24.1. The summed E-state index contributed by atoms with van der Waals surface area (Å²) in [5, 5.41) is 36.6. The highest BCUT2D eigenvalue weighted by Gasteiger charge is 2.48. The Morgan fingerprint density at radius 1 is 1.05 bits per heavy atom. The number of anilines is 2. The van der Waals surface area contributed by atoms with Crippen molar-refractivity contribution in [3.05, 3.63) is 107 Å². The molecule has 0 aliphatic heterocycles. The molecule has 0 spiro atoms. The van der Waals surface area contributed by atoms with Gasteiger partial charge in [-0.25, -0.2) is 9.07 Å². The zero-order valence-corrected chi connectivity index (χ0v) is 24.1. The maximum atomic E-state index is 13.9. The molecule has 2 aromatic carbocycles. The Balaban J connectivity index is 1.44. The van der Waals surface area contributed by atoms with Crippen LogP contribution in [0.25, 0.3) is 10.9 Å². The van der Waals surface area contributed by atoms with Crippen LogP contribution in [-0.2, 0) is 5.54 Å². The SMILES string of the molecule is CC(C)(C)CNc1c(C#N)cnc2c(C#N)cc(NC(c3ccc(F)cc3)c3cn(C4(c5cccnc5)CC4)nn3)cc12. The van der Waals surface area contributed by atoms with Gasteiger partial charge in [-0.1, -0.05) is 44.2 Å². The van der Waals surface area contributed by atoms with Gasteiger partial charge in [0.2, 0.25) is 0 Å². The van der Waals surface area contributed by atoms with Crippen molar-refractivity contribution in [3.63, 3.8) is 0 Å². The quantitative estimate of drug-likeness (QED) is 0.222. The summed E-state index contributed by atoms with van der Waals surface area (Å²) in [5.74, 6) is -0.346. The molecule has 5 aromatic rings. The van der Waals surface area contributed by atoms with Gasteiger partial charge in [0.25, 0.3) is 0 Å². The number of hydrogen-bond donors (Lipinski definition) is 2. The minimum atomic E-state index is -0.513. The number of nitriles is 2. The van der Waals surface area contributed by atoms with E-state index in [1.807, 2.05) is 35.3 Å². The molecule has 214 valence electrons. The molecule has 1 aliphatic rings. The first-order valence-electron chi connectivity index (χ1n) is 14.1. The van der Waals surface area contributed by atoms with Crippen molar-refractivity contribution in [2.75, 3.05) is 17.2 Å². The predicted octanol–water partition coefficient (Wildman–Crippen LogP) is 6.30. The van der Waals surface area contributed by atoms with Crippen LogP contribution in [0.4, 0.5) is 15.8 Å². The average Bonchev–Trinajstić information content (AvgIpc) is 3.68. The van der Waals surface area contributed by atoms with E-state index in [9.17, 15) is 14.9 Å². The van der Waals surface area contributed by atoms with Gasteiger partial charge in [-0.05, 0) is 59.7 Å². The van der Waals surface area contributed by atoms with E-state index >= 15 is 0 Å². The van der Waals surface area contributed by atoms with Crippen LogP contribution < -0.4 is 10.6 Å². The molecule has 1 atom stereocenters. The van der Waals surface area contributed by atoms with Crippen molar-refractivity contribution in [1.29, 1.82) is 10.5 Å². The minimum Gasteiger partial charge on any atom is -0.383 e. The summed E-state index contributed by atoms with van der Waals surface area (Å²) in [4.78, 5) is 8.75. The van der Waals surface area contributed by atoms with Crippen LogP contribution in [0.3, 0.4) is 0 Å². The topological polar surface area (TPSA) is 128 Å². The number of halogens is 1. The van der Waals surface area contributed by atoms with Crippen molar-refractivity contribution in [2.45, 2.75) is 45.2 Å². The summed E-state index contributed by atoms with van der Waals surface area (Å²) in [6.07, 6.45) is 8.86. The standard InChI is InChI=1S/C33H30FN9/c1-32(2,3)20-39-30-23(16-36)17-38-29-22(15-35)13-26(14-27(29)30)40-31(21-6-8-25(34)9-7-21)28-19-43(42-41-28)33(10-11-33)24-5-4-12-37-18-24/h4-9,12-14,17-19,31,40H,10-11,20H2,1-3H3,(H,38,39). The number of benzene rings is 2. The molecule has 2 N–H and O–H groups in total. The van der Waals surface area contributed by atoms with Gasteiger partial charge in [-0.2, -0.15) is 10.5 Å². The van der Waals surface area contributed by atoms with Gasteiger partial charge in [0.1, 0.15) is 23.6 Å². The number of aromatic nitrogens is 5. The first-order chi connectivity index (χ1) is 20.7. The Kier molecular flexibility index (Phi) is 6.99. The van der Waals surface area contributed by atoms with Gasteiger partial charge >= 0.3 is 0 Å². The number of pyridine rings is 2. The van der Waals surface area contributed by atoms with Crippen molar-refractivity contribution >= 4 is 22.3 Å².